The van der Waals surface area contributed by atoms with Crippen LogP contribution in [0.15, 0.2) is 66.7 Å². The molecule has 4 nitrogen and oxygen atoms in total. The van der Waals surface area contributed by atoms with Gasteiger partial charge in [0, 0.05) is 11.3 Å². The minimum atomic E-state index is -3.47. The van der Waals surface area contributed by atoms with Gasteiger partial charge in [-0.2, -0.15) is 0 Å². The van der Waals surface area contributed by atoms with E-state index in [4.69, 9.17) is 0 Å². The Bertz CT molecular complexity index is 1230. The first kappa shape index (κ1) is 18.7. The normalized spacial score (nSPS) is 11.6. The van der Waals surface area contributed by atoms with Gasteiger partial charge in [0.15, 0.2) is 0 Å². The number of aryl methyl sites for hydroxylation is 2. The quantitative estimate of drug-likeness (QED) is 0.473. The molecule has 28 heavy (non-hydrogen) atoms. The van der Waals surface area contributed by atoms with E-state index in [0.717, 1.165) is 31.9 Å². The minimum Gasteiger partial charge on any atom is -0.283 e. The molecule has 0 atom stereocenters. The zero-order valence-corrected chi connectivity index (χ0v) is 17.3. The number of nitrogens with one attached hydrogen (secondary N) is 1. The van der Waals surface area contributed by atoms with Crippen molar-refractivity contribution in [3.8, 4) is 10.6 Å². The lowest BCUT2D eigenvalue weighted by molar-refractivity contribution is 0.600. The number of benzene rings is 3. The molecular weight excluding hydrogens is 388 g/mol. The third kappa shape index (κ3) is 4.24. The second-order valence-electron chi connectivity index (χ2n) is 6.91. The van der Waals surface area contributed by atoms with Crippen molar-refractivity contribution < 1.29 is 8.42 Å². The fourth-order valence-electron chi connectivity index (χ4n) is 2.96. The molecule has 0 bridgehead atoms. The largest absolute Gasteiger partial charge is 0.283 e. The van der Waals surface area contributed by atoms with Gasteiger partial charge in [0.25, 0.3) is 0 Å². The zero-order chi connectivity index (χ0) is 19.7. The Hall–Kier alpha value is -2.70. The maximum Gasteiger partial charge on any atom is 0.236 e. The first-order valence-corrected chi connectivity index (χ1v) is 11.4. The van der Waals surface area contributed by atoms with Crippen LogP contribution in [0.2, 0.25) is 0 Å². The predicted octanol–water partition coefficient (Wildman–Crippen LogP) is 5.52. The highest BCUT2D eigenvalue weighted by molar-refractivity contribution is 7.91. The van der Waals surface area contributed by atoms with Crippen LogP contribution < -0.4 is 4.72 Å². The fraction of sp³-hybridized carbons (Fsp3) is 0.136. The lowest BCUT2D eigenvalue weighted by Gasteiger charge is -2.09. The monoisotopic (exact) mass is 408 g/mol. The molecule has 3 aromatic carbocycles. The van der Waals surface area contributed by atoms with Crippen molar-refractivity contribution >= 4 is 37.3 Å². The molecule has 0 radical (unpaired) electrons. The van der Waals surface area contributed by atoms with Gasteiger partial charge in [0.05, 0.1) is 16.0 Å². The standard InChI is InChI=1S/C22H20N2O2S2/c1-15-3-6-17(7-4-15)14-28(25,26)24-19-10-8-18(9-11-19)22-23-20-12-5-16(2)13-21(20)27-22/h3-13,24H,14H2,1-2H3. The van der Waals surface area contributed by atoms with Crippen molar-refractivity contribution in [2.24, 2.45) is 0 Å². The van der Waals surface area contributed by atoms with E-state index >= 15 is 0 Å². The first-order chi connectivity index (χ1) is 13.4. The molecule has 0 unspecified atom stereocenters. The number of hydrogen-bond donors (Lipinski definition) is 1. The molecule has 6 heteroatoms. The number of fused-ring (bicyclic) bond motifs is 1. The molecule has 0 aliphatic rings. The highest BCUT2D eigenvalue weighted by Crippen LogP contribution is 2.31. The van der Waals surface area contributed by atoms with Crippen molar-refractivity contribution in [2.45, 2.75) is 19.6 Å². The lowest BCUT2D eigenvalue weighted by Crippen LogP contribution is -2.15. The van der Waals surface area contributed by atoms with Crippen LogP contribution in [0.5, 0.6) is 0 Å². The average molecular weight is 409 g/mol. The predicted molar refractivity (Wildman–Crippen MR) is 117 cm³/mol. The molecular formula is C22H20N2O2S2. The van der Waals surface area contributed by atoms with Crippen LogP contribution in [0.4, 0.5) is 5.69 Å². The first-order valence-electron chi connectivity index (χ1n) is 8.92. The molecule has 0 saturated heterocycles. The van der Waals surface area contributed by atoms with Gasteiger partial charge in [-0.05, 0) is 61.4 Å². The highest BCUT2D eigenvalue weighted by Gasteiger charge is 2.12. The van der Waals surface area contributed by atoms with E-state index in [2.05, 4.69) is 28.8 Å². The SMILES string of the molecule is Cc1ccc(CS(=O)(=O)Nc2ccc(-c3nc4ccc(C)cc4s3)cc2)cc1. The summed E-state index contributed by atoms with van der Waals surface area (Å²) in [6, 6.07) is 21.1. The van der Waals surface area contributed by atoms with Gasteiger partial charge in [-0.15, -0.1) is 11.3 Å². The van der Waals surface area contributed by atoms with Crippen LogP contribution in [0.1, 0.15) is 16.7 Å². The summed E-state index contributed by atoms with van der Waals surface area (Å²) in [6.45, 7) is 4.04. The second-order valence-corrected chi connectivity index (χ2v) is 9.67. The Balaban J connectivity index is 1.51. The minimum absolute atomic E-state index is 0.0494. The van der Waals surface area contributed by atoms with E-state index in [-0.39, 0.29) is 5.75 Å². The molecule has 142 valence electrons. The molecule has 0 saturated carbocycles. The molecule has 4 aromatic rings. The summed E-state index contributed by atoms with van der Waals surface area (Å²) < 4.78 is 28.7. The van der Waals surface area contributed by atoms with Gasteiger partial charge in [0.2, 0.25) is 10.0 Å². The Morgan fingerprint density at radius 2 is 1.57 bits per heavy atom. The Morgan fingerprint density at radius 3 is 2.29 bits per heavy atom. The summed E-state index contributed by atoms with van der Waals surface area (Å²) in [6.07, 6.45) is 0. The van der Waals surface area contributed by atoms with Crippen LogP contribution in [-0.2, 0) is 15.8 Å². The molecule has 0 fully saturated rings. The van der Waals surface area contributed by atoms with Crippen molar-refractivity contribution in [1.82, 2.24) is 4.98 Å². The summed E-state index contributed by atoms with van der Waals surface area (Å²) in [5.74, 6) is -0.0494. The summed E-state index contributed by atoms with van der Waals surface area (Å²) in [4.78, 5) is 4.67. The maximum absolute atomic E-state index is 12.4. The van der Waals surface area contributed by atoms with Crippen LogP contribution in [0.25, 0.3) is 20.8 Å². The fourth-order valence-corrected chi connectivity index (χ4v) is 5.22. The number of nitrogens with zero attached hydrogens (tertiary/aromatic N) is 1. The molecule has 1 aromatic heterocycles. The van der Waals surface area contributed by atoms with E-state index < -0.39 is 10.0 Å². The molecule has 0 aliphatic heterocycles. The summed E-state index contributed by atoms with van der Waals surface area (Å²) >= 11 is 1.64. The molecule has 1 N–H and O–H groups in total. The number of thiazole rings is 1. The van der Waals surface area contributed by atoms with Gasteiger partial charge >= 0.3 is 0 Å². The van der Waals surface area contributed by atoms with E-state index in [0.29, 0.717) is 5.69 Å². The third-order valence-corrected chi connectivity index (χ3v) is 6.75. The number of hydrogen-bond acceptors (Lipinski definition) is 4. The van der Waals surface area contributed by atoms with Gasteiger partial charge in [0.1, 0.15) is 5.01 Å². The van der Waals surface area contributed by atoms with Crippen molar-refractivity contribution in [1.29, 1.82) is 0 Å². The summed E-state index contributed by atoms with van der Waals surface area (Å²) in [5, 5.41) is 0.926. The smallest absolute Gasteiger partial charge is 0.236 e. The Labute approximate surface area is 168 Å². The van der Waals surface area contributed by atoms with Crippen molar-refractivity contribution in [3.05, 3.63) is 83.4 Å². The number of aromatic nitrogens is 1. The van der Waals surface area contributed by atoms with E-state index in [1.165, 1.54) is 5.56 Å². The average Bonchev–Trinajstić information content (AvgIpc) is 3.07. The van der Waals surface area contributed by atoms with Crippen LogP contribution in [0.3, 0.4) is 0 Å². The highest BCUT2D eigenvalue weighted by atomic mass is 32.2. The molecule has 0 aliphatic carbocycles. The summed E-state index contributed by atoms with van der Waals surface area (Å²) in [7, 11) is -3.47. The van der Waals surface area contributed by atoms with Gasteiger partial charge in [-0.3, -0.25) is 4.72 Å². The molecule has 0 spiro atoms. The van der Waals surface area contributed by atoms with Crippen LogP contribution in [0, 0.1) is 13.8 Å². The van der Waals surface area contributed by atoms with Gasteiger partial charge < -0.3 is 0 Å². The second kappa shape index (κ2) is 7.37. The molecule has 4 rings (SSSR count). The van der Waals surface area contributed by atoms with Crippen molar-refractivity contribution in [3.63, 3.8) is 0 Å². The van der Waals surface area contributed by atoms with Gasteiger partial charge in [-0.25, -0.2) is 13.4 Å². The van der Waals surface area contributed by atoms with E-state index in [1.807, 2.05) is 49.4 Å². The van der Waals surface area contributed by atoms with Crippen LogP contribution >= 0.6 is 11.3 Å². The lowest BCUT2D eigenvalue weighted by atomic mass is 10.2. The third-order valence-electron chi connectivity index (χ3n) is 4.43. The van der Waals surface area contributed by atoms with E-state index in [1.54, 1.807) is 23.5 Å². The topological polar surface area (TPSA) is 59.1 Å². The Morgan fingerprint density at radius 1 is 0.893 bits per heavy atom. The van der Waals surface area contributed by atoms with E-state index in [9.17, 15) is 8.42 Å². The molecule has 0 amide bonds. The van der Waals surface area contributed by atoms with Crippen LogP contribution in [-0.4, -0.2) is 13.4 Å². The molecule has 1 heterocycles. The maximum atomic E-state index is 12.4. The number of rotatable bonds is 5. The summed E-state index contributed by atoms with van der Waals surface area (Å²) in [5.41, 5.74) is 5.58. The van der Waals surface area contributed by atoms with Crippen molar-refractivity contribution in [2.75, 3.05) is 4.72 Å². The zero-order valence-electron chi connectivity index (χ0n) is 15.6. The number of sulfonamides is 1. The Kier molecular flexibility index (Phi) is 4.91. The number of anilines is 1. The van der Waals surface area contributed by atoms with Gasteiger partial charge in [-0.1, -0.05) is 35.9 Å².